The van der Waals surface area contributed by atoms with Crippen LogP contribution in [0.15, 0.2) is 45.1 Å². The molecule has 4 nitrogen and oxygen atoms in total. The summed E-state index contributed by atoms with van der Waals surface area (Å²) in [7, 11) is -3.58. The van der Waals surface area contributed by atoms with E-state index in [1.165, 1.54) is 6.07 Å². The van der Waals surface area contributed by atoms with Crippen molar-refractivity contribution < 1.29 is 13.5 Å². The molecular weight excluding hydrogens is 362 g/mol. The monoisotopic (exact) mass is 375 g/mol. The van der Waals surface area contributed by atoms with E-state index in [0.29, 0.717) is 23.0 Å². The number of sulfonamides is 1. The molecule has 2 rings (SSSR count). The van der Waals surface area contributed by atoms with Gasteiger partial charge in [0.25, 0.3) is 0 Å². The third-order valence-electron chi connectivity index (χ3n) is 2.71. The number of aliphatic hydroxyl groups is 1. The van der Waals surface area contributed by atoms with Gasteiger partial charge in [0.05, 0.1) is 11.5 Å². The van der Waals surface area contributed by atoms with Gasteiger partial charge in [0.15, 0.2) is 0 Å². The van der Waals surface area contributed by atoms with E-state index in [2.05, 4.69) is 20.7 Å². The molecule has 0 aliphatic heterocycles. The van der Waals surface area contributed by atoms with Gasteiger partial charge in [0, 0.05) is 15.9 Å². The second-order valence-corrected chi connectivity index (χ2v) is 7.77. The highest BCUT2D eigenvalue weighted by molar-refractivity contribution is 9.10. The fourth-order valence-corrected chi connectivity index (χ4v) is 4.45. The van der Waals surface area contributed by atoms with Crippen molar-refractivity contribution in [2.45, 2.75) is 17.9 Å². The zero-order valence-electron chi connectivity index (χ0n) is 10.5. The third kappa shape index (κ3) is 3.89. The third-order valence-corrected chi connectivity index (χ3v) is 6.10. The second kappa shape index (κ2) is 6.82. The van der Waals surface area contributed by atoms with Gasteiger partial charge in [-0.05, 0) is 51.5 Å². The maximum Gasteiger partial charge on any atom is 0.241 e. The van der Waals surface area contributed by atoms with E-state index < -0.39 is 10.0 Å². The molecule has 1 aromatic carbocycles. The fourth-order valence-electron chi connectivity index (χ4n) is 1.69. The first-order valence-electron chi connectivity index (χ1n) is 5.94. The van der Waals surface area contributed by atoms with Gasteiger partial charge in [-0.15, -0.1) is 11.3 Å². The average molecular weight is 376 g/mol. The number of hydrogen-bond donors (Lipinski definition) is 2. The molecule has 0 fully saturated rings. The van der Waals surface area contributed by atoms with Crippen molar-refractivity contribution in [1.82, 2.24) is 4.72 Å². The van der Waals surface area contributed by atoms with E-state index in [9.17, 15) is 8.42 Å². The molecule has 0 amide bonds. The van der Waals surface area contributed by atoms with Crippen LogP contribution in [0.5, 0.6) is 0 Å². The minimum absolute atomic E-state index is 0.148. The average Bonchev–Trinajstić information content (AvgIpc) is 2.92. The fraction of sp³-hybridized carbons (Fsp3) is 0.231. The number of thiophene rings is 1. The zero-order chi connectivity index (χ0) is 14.6. The van der Waals surface area contributed by atoms with Crippen molar-refractivity contribution in [2.24, 2.45) is 0 Å². The van der Waals surface area contributed by atoms with E-state index in [-0.39, 0.29) is 11.5 Å². The highest BCUT2D eigenvalue weighted by Crippen LogP contribution is 2.23. The summed E-state index contributed by atoms with van der Waals surface area (Å²) in [5.41, 5.74) is 0.562. The van der Waals surface area contributed by atoms with Gasteiger partial charge in [0.1, 0.15) is 0 Å². The van der Waals surface area contributed by atoms with Gasteiger partial charge in [0.2, 0.25) is 10.0 Å². The number of rotatable bonds is 6. The minimum atomic E-state index is -3.58. The van der Waals surface area contributed by atoms with Crippen LogP contribution in [0.2, 0.25) is 0 Å². The molecule has 0 saturated carbocycles. The summed E-state index contributed by atoms with van der Waals surface area (Å²) in [5.74, 6) is 0. The lowest BCUT2D eigenvalue weighted by Crippen LogP contribution is -2.26. The van der Waals surface area contributed by atoms with Crippen molar-refractivity contribution >= 4 is 37.3 Å². The Labute approximate surface area is 130 Å². The van der Waals surface area contributed by atoms with Crippen LogP contribution in [0.25, 0.3) is 0 Å². The Morgan fingerprint density at radius 1 is 1.30 bits per heavy atom. The van der Waals surface area contributed by atoms with E-state index in [0.717, 1.165) is 4.88 Å². The number of aliphatic hydroxyl groups excluding tert-OH is 1. The first-order valence-corrected chi connectivity index (χ1v) is 9.10. The molecular formula is C13H14BrNO3S2. The predicted molar refractivity (Wildman–Crippen MR) is 83.3 cm³/mol. The van der Waals surface area contributed by atoms with Crippen molar-refractivity contribution in [2.75, 3.05) is 6.54 Å². The molecule has 0 atom stereocenters. The van der Waals surface area contributed by atoms with Gasteiger partial charge in [-0.25, -0.2) is 13.1 Å². The van der Waals surface area contributed by atoms with Crippen molar-refractivity contribution in [1.29, 1.82) is 0 Å². The van der Waals surface area contributed by atoms with Crippen molar-refractivity contribution in [3.05, 3.63) is 50.6 Å². The molecule has 0 bridgehead atoms. The first-order chi connectivity index (χ1) is 9.53. The summed E-state index contributed by atoms with van der Waals surface area (Å²) in [6.45, 7) is 0.156. The van der Waals surface area contributed by atoms with Crippen LogP contribution in [0.4, 0.5) is 0 Å². The van der Waals surface area contributed by atoms with Crippen LogP contribution in [0.1, 0.15) is 10.4 Å². The Morgan fingerprint density at radius 3 is 2.75 bits per heavy atom. The number of nitrogens with one attached hydrogen (secondary N) is 1. The van der Waals surface area contributed by atoms with E-state index in [4.69, 9.17) is 5.11 Å². The molecule has 1 heterocycles. The lowest BCUT2D eigenvalue weighted by atomic mass is 10.2. The van der Waals surface area contributed by atoms with Crippen molar-refractivity contribution in [3.63, 3.8) is 0 Å². The summed E-state index contributed by atoms with van der Waals surface area (Å²) in [6, 6.07) is 8.68. The first kappa shape index (κ1) is 15.7. The molecule has 0 aliphatic rings. The molecule has 0 spiro atoms. The van der Waals surface area contributed by atoms with Crippen LogP contribution in [-0.2, 0) is 23.1 Å². The molecule has 0 aliphatic carbocycles. The van der Waals surface area contributed by atoms with Gasteiger partial charge in [-0.3, -0.25) is 0 Å². The van der Waals surface area contributed by atoms with Gasteiger partial charge in [-0.1, -0.05) is 12.1 Å². The maximum atomic E-state index is 12.2. The molecule has 7 heteroatoms. The number of hydrogen-bond acceptors (Lipinski definition) is 4. The van der Waals surface area contributed by atoms with Crippen LogP contribution >= 0.6 is 27.3 Å². The Morgan fingerprint density at radius 2 is 2.10 bits per heavy atom. The SMILES string of the molecule is O=S(=O)(NCCc1cccs1)c1cc(CO)ccc1Br. The van der Waals surface area contributed by atoms with Crippen molar-refractivity contribution in [3.8, 4) is 0 Å². The van der Waals surface area contributed by atoms with E-state index >= 15 is 0 Å². The summed E-state index contributed by atoms with van der Waals surface area (Å²) in [6.07, 6.45) is 0.661. The normalized spacial score (nSPS) is 11.7. The summed E-state index contributed by atoms with van der Waals surface area (Å²) in [5, 5.41) is 11.1. The standard InChI is InChI=1S/C13H14BrNO3S2/c14-12-4-3-10(9-16)8-13(12)20(17,18)15-6-5-11-2-1-7-19-11/h1-4,7-8,15-16H,5-6,9H2. The maximum absolute atomic E-state index is 12.2. The van der Waals surface area contributed by atoms with E-state index in [1.807, 2.05) is 17.5 Å². The number of halogens is 1. The Kier molecular flexibility index (Phi) is 5.34. The lowest BCUT2D eigenvalue weighted by molar-refractivity contribution is 0.281. The van der Waals surface area contributed by atoms with Crippen LogP contribution in [0, 0.1) is 0 Å². The van der Waals surface area contributed by atoms with Crippen LogP contribution < -0.4 is 4.72 Å². The number of benzene rings is 1. The molecule has 1 aromatic heterocycles. The van der Waals surface area contributed by atoms with Crippen LogP contribution in [-0.4, -0.2) is 20.1 Å². The highest BCUT2D eigenvalue weighted by Gasteiger charge is 2.17. The zero-order valence-corrected chi connectivity index (χ0v) is 13.8. The van der Waals surface area contributed by atoms with Gasteiger partial charge >= 0.3 is 0 Å². The molecule has 0 unspecified atom stereocenters. The van der Waals surface area contributed by atoms with E-state index in [1.54, 1.807) is 23.5 Å². The predicted octanol–water partition coefficient (Wildman–Crippen LogP) is 2.52. The smallest absolute Gasteiger partial charge is 0.241 e. The Balaban J connectivity index is 2.09. The molecule has 2 N–H and O–H groups in total. The summed E-state index contributed by atoms with van der Waals surface area (Å²) in [4.78, 5) is 1.28. The topological polar surface area (TPSA) is 66.4 Å². The molecule has 0 saturated heterocycles. The molecule has 108 valence electrons. The largest absolute Gasteiger partial charge is 0.392 e. The van der Waals surface area contributed by atoms with Gasteiger partial charge < -0.3 is 5.11 Å². The summed E-state index contributed by atoms with van der Waals surface area (Å²) < 4.78 is 27.5. The highest BCUT2D eigenvalue weighted by atomic mass is 79.9. The van der Waals surface area contributed by atoms with Crippen LogP contribution in [0.3, 0.4) is 0 Å². The molecule has 2 aromatic rings. The molecule has 0 radical (unpaired) electrons. The van der Waals surface area contributed by atoms with Gasteiger partial charge in [-0.2, -0.15) is 0 Å². The molecule has 20 heavy (non-hydrogen) atoms. The second-order valence-electron chi connectivity index (χ2n) is 4.15. The Hall–Kier alpha value is -0.730. The summed E-state index contributed by atoms with van der Waals surface area (Å²) >= 11 is 4.83. The lowest BCUT2D eigenvalue weighted by Gasteiger charge is -2.09. The quantitative estimate of drug-likeness (QED) is 0.814. The minimum Gasteiger partial charge on any atom is -0.392 e. The Bertz CT molecular complexity index is 669.